The summed E-state index contributed by atoms with van der Waals surface area (Å²) in [6.45, 7) is -0.434. The average Bonchev–Trinajstić information content (AvgIpc) is 2.64. The Morgan fingerprint density at radius 1 is 1.67 bits per heavy atom. The third-order valence-electron chi connectivity index (χ3n) is 1.91. The molecule has 0 bridgehead atoms. The van der Waals surface area contributed by atoms with E-state index in [1.54, 1.807) is 0 Å². The predicted molar refractivity (Wildman–Crippen MR) is 64.0 cm³/mol. The Balaban J connectivity index is 0.00000289. The second kappa shape index (κ2) is 7.96. The number of nitrogens with zero attached hydrogens (tertiary/aromatic N) is 2. The van der Waals surface area contributed by atoms with E-state index in [1.807, 2.05) is 0 Å². The van der Waals surface area contributed by atoms with Gasteiger partial charge in [-0.2, -0.15) is 5.10 Å². The Bertz CT molecular complexity index is 375. The number of nitrogens with one attached hydrogen (secondary N) is 1. The largest absolute Gasteiger partial charge is 0.383 e. The molecule has 1 unspecified atom stereocenters. The summed E-state index contributed by atoms with van der Waals surface area (Å²) in [5.74, 6) is -0.455. The monoisotopic (exact) mass is 284 g/mol. The Kier molecular flexibility index (Phi) is 7.41. The minimum atomic E-state index is -2.49. The Morgan fingerprint density at radius 2 is 2.33 bits per heavy atom. The minimum absolute atomic E-state index is 0. The van der Waals surface area contributed by atoms with Crippen molar-refractivity contribution in [3.63, 3.8) is 0 Å². The van der Waals surface area contributed by atoms with Crippen LogP contribution < -0.4 is 11.1 Å². The van der Waals surface area contributed by atoms with Gasteiger partial charge in [-0.05, 0) is 0 Å². The van der Waals surface area contributed by atoms with Gasteiger partial charge in [-0.1, -0.05) is 0 Å². The van der Waals surface area contributed by atoms with E-state index in [4.69, 9.17) is 10.5 Å². The van der Waals surface area contributed by atoms with E-state index in [-0.39, 0.29) is 19.0 Å². The van der Waals surface area contributed by atoms with E-state index >= 15 is 0 Å². The molecule has 18 heavy (non-hydrogen) atoms. The molecule has 0 spiro atoms. The van der Waals surface area contributed by atoms with Gasteiger partial charge in [0.15, 0.2) is 0 Å². The number of halogens is 3. The molecule has 1 rings (SSSR count). The summed E-state index contributed by atoms with van der Waals surface area (Å²) in [7, 11) is 1.42. The van der Waals surface area contributed by atoms with Crippen LogP contribution in [0.2, 0.25) is 0 Å². The minimum Gasteiger partial charge on any atom is -0.383 e. The number of aromatic nitrogens is 2. The second-order valence-corrected chi connectivity index (χ2v) is 3.39. The van der Waals surface area contributed by atoms with Gasteiger partial charge in [0.25, 0.3) is 6.43 Å². The second-order valence-electron chi connectivity index (χ2n) is 3.39. The quantitative estimate of drug-likeness (QED) is 0.796. The number of alkyl halides is 2. The third-order valence-corrected chi connectivity index (χ3v) is 1.91. The predicted octanol–water partition coefficient (Wildman–Crippen LogP) is 0.482. The molecule has 1 atom stereocenters. The number of amides is 1. The first-order chi connectivity index (χ1) is 8.02. The highest BCUT2D eigenvalue weighted by molar-refractivity contribution is 5.94. The molecule has 0 radical (unpaired) electrons. The van der Waals surface area contributed by atoms with Crippen molar-refractivity contribution in [1.82, 2.24) is 9.78 Å². The maximum Gasteiger partial charge on any atom is 0.257 e. The van der Waals surface area contributed by atoms with E-state index in [0.29, 0.717) is 5.69 Å². The first-order valence-corrected chi connectivity index (χ1v) is 4.89. The average molecular weight is 285 g/mol. The summed E-state index contributed by atoms with van der Waals surface area (Å²) >= 11 is 0. The SMILES string of the molecule is COCC(N)C(=O)Nc1cnn(CC(F)F)c1.Cl. The van der Waals surface area contributed by atoms with Crippen LogP contribution in [0.1, 0.15) is 0 Å². The van der Waals surface area contributed by atoms with Crippen molar-refractivity contribution >= 4 is 24.0 Å². The van der Waals surface area contributed by atoms with Crippen molar-refractivity contribution < 1.29 is 18.3 Å². The lowest BCUT2D eigenvalue weighted by molar-refractivity contribution is -0.118. The highest BCUT2D eigenvalue weighted by atomic mass is 35.5. The molecule has 9 heteroatoms. The summed E-state index contributed by atoms with van der Waals surface area (Å²) in [4.78, 5) is 11.4. The zero-order valence-electron chi connectivity index (χ0n) is 9.68. The third kappa shape index (κ3) is 5.39. The number of hydrogen-bond acceptors (Lipinski definition) is 4. The lowest BCUT2D eigenvalue weighted by atomic mass is 10.3. The van der Waals surface area contributed by atoms with Crippen molar-refractivity contribution in [2.45, 2.75) is 19.0 Å². The number of carbonyl (C=O) groups is 1. The maximum atomic E-state index is 12.0. The zero-order valence-corrected chi connectivity index (χ0v) is 10.5. The number of nitrogens with two attached hydrogens (primary N) is 1. The molecule has 104 valence electrons. The number of methoxy groups -OCH3 is 1. The molecule has 1 aromatic heterocycles. The van der Waals surface area contributed by atoms with Gasteiger partial charge >= 0.3 is 0 Å². The van der Waals surface area contributed by atoms with Gasteiger partial charge in [0.1, 0.15) is 12.6 Å². The summed E-state index contributed by atoms with van der Waals surface area (Å²) in [5, 5.41) is 6.11. The van der Waals surface area contributed by atoms with Gasteiger partial charge in [-0.25, -0.2) is 8.78 Å². The molecular formula is C9H15ClF2N4O2. The molecule has 1 heterocycles. The lowest BCUT2D eigenvalue weighted by Gasteiger charge is -2.09. The number of anilines is 1. The van der Waals surface area contributed by atoms with Gasteiger partial charge in [-0.3, -0.25) is 9.48 Å². The van der Waals surface area contributed by atoms with Crippen LogP contribution in [0.5, 0.6) is 0 Å². The molecule has 1 aromatic rings. The molecule has 0 aliphatic heterocycles. The first kappa shape index (κ1) is 16.8. The van der Waals surface area contributed by atoms with Crippen molar-refractivity contribution in [1.29, 1.82) is 0 Å². The Labute approximate surface area is 109 Å². The molecule has 0 aliphatic rings. The van der Waals surface area contributed by atoms with E-state index in [2.05, 4.69) is 10.4 Å². The Hall–Kier alpha value is -1.25. The van der Waals surface area contributed by atoms with Crippen LogP contribution in [-0.2, 0) is 16.1 Å². The standard InChI is InChI=1S/C9H14F2N4O2.ClH/c1-17-5-7(12)9(16)14-6-2-13-15(3-6)4-8(10)11;/h2-3,7-8H,4-5,12H2,1H3,(H,14,16);1H. The summed E-state index contributed by atoms with van der Waals surface area (Å²) in [5.41, 5.74) is 5.80. The smallest absolute Gasteiger partial charge is 0.257 e. The van der Waals surface area contributed by atoms with Crippen LogP contribution in [-0.4, -0.2) is 41.9 Å². The fourth-order valence-electron chi connectivity index (χ4n) is 1.16. The van der Waals surface area contributed by atoms with Crippen LogP contribution in [0.15, 0.2) is 12.4 Å². The molecule has 0 fully saturated rings. The topological polar surface area (TPSA) is 82.2 Å². The zero-order chi connectivity index (χ0) is 12.8. The molecule has 0 saturated heterocycles. The summed E-state index contributed by atoms with van der Waals surface area (Å²) < 4.78 is 29.8. The molecule has 1 amide bonds. The maximum absolute atomic E-state index is 12.0. The summed E-state index contributed by atoms with van der Waals surface area (Å²) in [6.07, 6.45) is 0.0952. The van der Waals surface area contributed by atoms with Gasteiger partial charge in [0.2, 0.25) is 5.91 Å². The highest BCUT2D eigenvalue weighted by Gasteiger charge is 2.14. The molecule has 0 saturated carbocycles. The molecule has 0 aromatic carbocycles. The van der Waals surface area contributed by atoms with Gasteiger partial charge in [0.05, 0.1) is 18.5 Å². The highest BCUT2D eigenvalue weighted by Crippen LogP contribution is 2.07. The molecule has 0 aliphatic carbocycles. The van der Waals surface area contributed by atoms with Crippen molar-refractivity contribution in [3.05, 3.63) is 12.4 Å². The van der Waals surface area contributed by atoms with Crippen LogP contribution in [0, 0.1) is 0 Å². The van der Waals surface area contributed by atoms with E-state index < -0.39 is 24.9 Å². The molecule has 6 nitrogen and oxygen atoms in total. The summed E-state index contributed by atoms with van der Waals surface area (Å²) in [6, 6.07) is -0.807. The molecular weight excluding hydrogens is 270 g/mol. The van der Waals surface area contributed by atoms with Crippen LogP contribution in [0.4, 0.5) is 14.5 Å². The number of carbonyl (C=O) groups excluding carboxylic acids is 1. The van der Waals surface area contributed by atoms with Crippen LogP contribution in [0.3, 0.4) is 0 Å². The molecule has 3 N–H and O–H groups in total. The first-order valence-electron chi connectivity index (χ1n) is 4.89. The van der Waals surface area contributed by atoms with Gasteiger partial charge < -0.3 is 15.8 Å². The number of rotatable bonds is 6. The van der Waals surface area contributed by atoms with Crippen molar-refractivity contribution in [2.24, 2.45) is 5.73 Å². The van der Waals surface area contributed by atoms with E-state index in [1.165, 1.54) is 19.5 Å². The number of hydrogen-bond donors (Lipinski definition) is 2. The van der Waals surface area contributed by atoms with Crippen LogP contribution in [0.25, 0.3) is 0 Å². The van der Waals surface area contributed by atoms with Crippen LogP contribution >= 0.6 is 12.4 Å². The fraction of sp³-hybridized carbons (Fsp3) is 0.556. The van der Waals surface area contributed by atoms with E-state index in [0.717, 1.165) is 4.68 Å². The van der Waals surface area contributed by atoms with E-state index in [9.17, 15) is 13.6 Å². The lowest BCUT2D eigenvalue weighted by Crippen LogP contribution is -2.39. The fourth-order valence-corrected chi connectivity index (χ4v) is 1.16. The van der Waals surface area contributed by atoms with Gasteiger partial charge in [-0.15, -0.1) is 12.4 Å². The normalized spacial score (nSPS) is 12.1. The van der Waals surface area contributed by atoms with Gasteiger partial charge in [0, 0.05) is 13.3 Å². The Morgan fingerprint density at radius 3 is 2.89 bits per heavy atom. The number of ether oxygens (including phenoxy) is 1. The van der Waals surface area contributed by atoms with Crippen molar-refractivity contribution in [2.75, 3.05) is 19.0 Å². The van der Waals surface area contributed by atoms with Crippen molar-refractivity contribution in [3.8, 4) is 0 Å².